The van der Waals surface area contributed by atoms with Crippen molar-refractivity contribution in [3.05, 3.63) is 24.4 Å². The van der Waals surface area contributed by atoms with Gasteiger partial charge in [0.2, 0.25) is 5.95 Å². The largest absolute Gasteiger partial charge is 0.378 e. The van der Waals surface area contributed by atoms with Crippen molar-refractivity contribution in [3.8, 4) is 5.92 Å². The molecule has 2 rings (SSSR count). The molecule has 1 aromatic rings. The van der Waals surface area contributed by atoms with Gasteiger partial charge in [0, 0.05) is 25.5 Å². The van der Waals surface area contributed by atoms with E-state index in [-0.39, 0.29) is 0 Å². The zero-order chi connectivity index (χ0) is 9.80. The van der Waals surface area contributed by atoms with Gasteiger partial charge in [0.1, 0.15) is 0 Å². The Bertz CT molecular complexity index is 335. The van der Waals surface area contributed by atoms with Gasteiger partial charge in [0.25, 0.3) is 0 Å². The average molecular weight is 188 g/mol. The highest BCUT2D eigenvalue weighted by Crippen LogP contribution is 2.08. The number of hydrogen-bond donors (Lipinski definition) is 0. The minimum Gasteiger partial charge on any atom is -0.378 e. The molecule has 0 aromatic carbocycles. The molecule has 0 saturated carbocycles. The number of rotatable bonds is 1. The van der Waals surface area contributed by atoms with Crippen molar-refractivity contribution in [2.45, 2.75) is 0 Å². The molecule has 1 radical (unpaired) electrons. The van der Waals surface area contributed by atoms with Crippen molar-refractivity contribution >= 4 is 5.95 Å². The lowest BCUT2D eigenvalue weighted by Gasteiger charge is -2.26. The number of hydrogen-bond acceptors (Lipinski definition) is 4. The van der Waals surface area contributed by atoms with Gasteiger partial charge in [0.15, 0.2) is 0 Å². The van der Waals surface area contributed by atoms with Crippen molar-refractivity contribution < 1.29 is 4.74 Å². The Morgan fingerprint density at radius 3 is 2.50 bits per heavy atom. The summed E-state index contributed by atoms with van der Waals surface area (Å²) in [5, 5.41) is 0. The minimum atomic E-state index is 0.599. The smallest absolute Gasteiger partial charge is 0.225 e. The molecular weight excluding hydrogens is 178 g/mol. The topological polar surface area (TPSA) is 38.2 Å². The summed E-state index contributed by atoms with van der Waals surface area (Å²) in [6, 6.07) is 0. The molecule has 0 unspecified atom stereocenters. The standard InChI is InChI=1S/C10H10N3O/c1-2-9-7-11-10(12-8-9)13-3-5-14-6-4-13/h7-8H,3-6H2. The molecule has 0 atom stereocenters. The van der Waals surface area contributed by atoms with E-state index in [1.54, 1.807) is 12.4 Å². The van der Waals surface area contributed by atoms with Gasteiger partial charge in [-0.3, -0.25) is 0 Å². The summed E-state index contributed by atoms with van der Waals surface area (Å²) >= 11 is 0. The Labute approximate surface area is 82.9 Å². The van der Waals surface area contributed by atoms with Crippen LogP contribution in [0.5, 0.6) is 0 Å². The van der Waals surface area contributed by atoms with E-state index in [1.807, 2.05) is 0 Å². The molecule has 1 fully saturated rings. The van der Waals surface area contributed by atoms with Crippen molar-refractivity contribution in [1.82, 2.24) is 9.97 Å². The lowest BCUT2D eigenvalue weighted by Crippen LogP contribution is -2.37. The molecule has 0 amide bonds. The first-order valence-electron chi connectivity index (χ1n) is 4.47. The maximum atomic E-state index is 6.89. The summed E-state index contributed by atoms with van der Waals surface area (Å²) < 4.78 is 5.23. The van der Waals surface area contributed by atoms with E-state index in [9.17, 15) is 0 Å². The Hall–Kier alpha value is -1.60. The number of nitrogens with zero attached hydrogens (tertiary/aromatic N) is 3. The van der Waals surface area contributed by atoms with Crippen LogP contribution in [-0.2, 0) is 4.74 Å². The minimum absolute atomic E-state index is 0.599. The Morgan fingerprint density at radius 2 is 1.93 bits per heavy atom. The fourth-order valence-corrected chi connectivity index (χ4v) is 1.31. The molecular formula is C10H10N3O. The lowest BCUT2D eigenvalue weighted by atomic mass is 10.4. The van der Waals surface area contributed by atoms with E-state index >= 15 is 0 Å². The van der Waals surface area contributed by atoms with E-state index in [4.69, 9.17) is 11.2 Å². The van der Waals surface area contributed by atoms with E-state index in [0.29, 0.717) is 11.5 Å². The fourth-order valence-electron chi connectivity index (χ4n) is 1.31. The molecule has 0 N–H and O–H groups in total. The number of aromatic nitrogens is 2. The van der Waals surface area contributed by atoms with Gasteiger partial charge in [0.05, 0.1) is 18.8 Å². The zero-order valence-corrected chi connectivity index (χ0v) is 7.73. The van der Waals surface area contributed by atoms with Crippen LogP contribution in [0.3, 0.4) is 0 Å². The van der Waals surface area contributed by atoms with Crippen molar-refractivity contribution in [2.24, 2.45) is 0 Å². The van der Waals surface area contributed by atoms with Crippen molar-refractivity contribution in [1.29, 1.82) is 0 Å². The summed E-state index contributed by atoms with van der Waals surface area (Å²) in [6.45, 7) is 3.10. The van der Waals surface area contributed by atoms with Crippen LogP contribution in [0.4, 0.5) is 5.95 Å². The molecule has 1 aliphatic heterocycles. The first kappa shape index (κ1) is 8.97. The third kappa shape index (κ3) is 1.83. The Balaban J connectivity index is 2.12. The monoisotopic (exact) mass is 188 g/mol. The van der Waals surface area contributed by atoms with E-state index in [1.165, 1.54) is 0 Å². The first-order valence-corrected chi connectivity index (χ1v) is 4.47. The highest BCUT2D eigenvalue weighted by molar-refractivity contribution is 5.33. The third-order valence-corrected chi connectivity index (χ3v) is 2.08. The lowest BCUT2D eigenvalue weighted by molar-refractivity contribution is 0.122. The average Bonchev–Trinajstić information content (AvgIpc) is 2.30. The van der Waals surface area contributed by atoms with Gasteiger partial charge in [-0.25, -0.2) is 9.97 Å². The molecule has 1 aliphatic rings. The summed E-state index contributed by atoms with van der Waals surface area (Å²) in [5.41, 5.74) is 0.599. The van der Waals surface area contributed by atoms with Crippen molar-refractivity contribution in [2.75, 3.05) is 31.2 Å². The van der Waals surface area contributed by atoms with Gasteiger partial charge in [-0.2, -0.15) is 0 Å². The van der Waals surface area contributed by atoms with Crippen LogP contribution in [0.15, 0.2) is 12.4 Å². The van der Waals surface area contributed by atoms with E-state index < -0.39 is 0 Å². The van der Waals surface area contributed by atoms with Crippen LogP contribution < -0.4 is 4.90 Å². The molecule has 4 nitrogen and oxygen atoms in total. The summed E-state index contributed by atoms with van der Waals surface area (Å²) in [5.74, 6) is 2.94. The molecule has 1 saturated heterocycles. The van der Waals surface area contributed by atoms with Crippen LogP contribution in [0.2, 0.25) is 0 Å². The summed E-state index contributed by atoms with van der Waals surface area (Å²) in [6.07, 6.45) is 10.1. The fraction of sp³-hybridized carbons (Fsp3) is 0.400. The maximum Gasteiger partial charge on any atom is 0.225 e. The SMILES string of the molecule is [C]#Cc1cnc(N2CCOCC2)nc1. The van der Waals surface area contributed by atoms with Crippen molar-refractivity contribution in [3.63, 3.8) is 0 Å². The second kappa shape index (κ2) is 4.07. The number of ether oxygens (including phenoxy) is 1. The predicted octanol–water partition coefficient (Wildman–Crippen LogP) is 0.251. The highest BCUT2D eigenvalue weighted by Gasteiger charge is 2.12. The third-order valence-electron chi connectivity index (χ3n) is 2.08. The van der Waals surface area contributed by atoms with Gasteiger partial charge in [-0.1, -0.05) is 0 Å². The highest BCUT2D eigenvalue weighted by atomic mass is 16.5. The summed E-state index contributed by atoms with van der Waals surface area (Å²) in [4.78, 5) is 10.4. The van der Waals surface area contributed by atoms with Gasteiger partial charge in [-0.15, -0.1) is 0 Å². The summed E-state index contributed by atoms with van der Waals surface area (Å²) in [7, 11) is 0. The quantitative estimate of drug-likeness (QED) is 0.592. The van der Waals surface area contributed by atoms with E-state index in [2.05, 4.69) is 20.8 Å². The van der Waals surface area contributed by atoms with Crippen LogP contribution in [0, 0.1) is 12.3 Å². The van der Waals surface area contributed by atoms with Crippen LogP contribution in [0.25, 0.3) is 0 Å². The van der Waals surface area contributed by atoms with Gasteiger partial charge in [-0.05, 0) is 12.3 Å². The molecule has 0 bridgehead atoms. The molecule has 1 aromatic heterocycles. The van der Waals surface area contributed by atoms with Gasteiger partial charge < -0.3 is 9.64 Å². The Morgan fingerprint density at radius 1 is 1.29 bits per heavy atom. The predicted molar refractivity (Wildman–Crippen MR) is 51.3 cm³/mol. The normalized spacial score (nSPS) is 16.4. The maximum absolute atomic E-state index is 6.89. The molecule has 14 heavy (non-hydrogen) atoms. The molecule has 2 heterocycles. The molecule has 0 aliphatic carbocycles. The zero-order valence-electron chi connectivity index (χ0n) is 7.73. The Kier molecular flexibility index (Phi) is 2.61. The van der Waals surface area contributed by atoms with Gasteiger partial charge >= 0.3 is 0 Å². The molecule has 71 valence electrons. The number of anilines is 1. The second-order valence-corrected chi connectivity index (χ2v) is 3.00. The first-order chi connectivity index (χ1) is 6.90. The molecule has 4 heteroatoms. The molecule has 0 spiro atoms. The van der Waals surface area contributed by atoms with Crippen LogP contribution >= 0.6 is 0 Å². The van der Waals surface area contributed by atoms with Crippen LogP contribution in [-0.4, -0.2) is 36.3 Å². The second-order valence-electron chi connectivity index (χ2n) is 3.00. The number of morpholine rings is 1. The van der Waals surface area contributed by atoms with E-state index in [0.717, 1.165) is 26.3 Å². The van der Waals surface area contributed by atoms with Crippen LogP contribution in [0.1, 0.15) is 5.56 Å².